The van der Waals surface area contributed by atoms with Gasteiger partial charge >= 0.3 is 0 Å². The van der Waals surface area contributed by atoms with Crippen molar-refractivity contribution >= 4 is 15.8 Å². The second-order valence-electron chi connectivity index (χ2n) is 2.86. The van der Waals surface area contributed by atoms with Crippen LogP contribution in [0.4, 0.5) is 5.69 Å². The zero-order chi connectivity index (χ0) is 10.4. The molecule has 1 aromatic carbocycles. The van der Waals surface area contributed by atoms with Crippen LogP contribution in [0.2, 0.25) is 0 Å². The van der Waals surface area contributed by atoms with E-state index >= 15 is 0 Å². The van der Waals surface area contributed by atoms with Crippen LogP contribution in [0.5, 0.6) is 0 Å². The van der Waals surface area contributed by atoms with Crippen LogP contribution in [0.15, 0.2) is 24.3 Å². The predicted octanol–water partition coefficient (Wildman–Crippen LogP) is 1.18. The summed E-state index contributed by atoms with van der Waals surface area (Å²) in [5, 5.41) is 3.01. The highest BCUT2D eigenvalue weighted by molar-refractivity contribution is 7.85. The molecule has 0 aliphatic heterocycles. The standard InChI is InChI=1S/C9H12NO3S/c11-14(12,13)8-4-7-10-9-5-2-1-3-6-9/h1-2,5-6,10H,4,7-8H2,(H,11,12,13). The molecule has 1 aromatic rings. The average molecular weight is 214 g/mol. The van der Waals surface area contributed by atoms with Crippen LogP contribution in [0.3, 0.4) is 0 Å². The fourth-order valence-corrected chi connectivity index (χ4v) is 1.50. The van der Waals surface area contributed by atoms with Gasteiger partial charge in [-0.2, -0.15) is 8.42 Å². The van der Waals surface area contributed by atoms with Gasteiger partial charge in [-0.25, -0.2) is 0 Å². The molecule has 0 unspecified atom stereocenters. The lowest BCUT2D eigenvalue weighted by atomic mass is 10.3. The van der Waals surface area contributed by atoms with Gasteiger partial charge in [-0.15, -0.1) is 0 Å². The quantitative estimate of drug-likeness (QED) is 0.570. The first-order chi connectivity index (χ1) is 6.58. The summed E-state index contributed by atoms with van der Waals surface area (Å²) in [6, 6.07) is 10.1. The Morgan fingerprint density at radius 1 is 1.50 bits per heavy atom. The summed E-state index contributed by atoms with van der Waals surface area (Å²) in [6.45, 7) is 0.512. The largest absolute Gasteiger partial charge is 0.385 e. The minimum atomic E-state index is -3.83. The first kappa shape index (κ1) is 11.0. The van der Waals surface area contributed by atoms with Crippen molar-refractivity contribution in [2.24, 2.45) is 0 Å². The molecule has 0 atom stereocenters. The molecule has 0 amide bonds. The van der Waals surface area contributed by atoms with Crippen molar-refractivity contribution in [2.45, 2.75) is 6.42 Å². The van der Waals surface area contributed by atoms with E-state index in [1.807, 2.05) is 12.1 Å². The molecule has 14 heavy (non-hydrogen) atoms. The number of rotatable bonds is 5. The third-order valence-corrected chi connectivity index (χ3v) is 2.42. The van der Waals surface area contributed by atoms with Crippen molar-refractivity contribution in [3.05, 3.63) is 30.3 Å². The molecule has 2 N–H and O–H groups in total. The SMILES string of the molecule is O=S(=O)(O)CCCNc1c[c]ccc1. The molecule has 0 saturated heterocycles. The first-order valence-electron chi connectivity index (χ1n) is 4.23. The molecule has 0 aliphatic carbocycles. The van der Waals surface area contributed by atoms with Crippen LogP contribution in [-0.2, 0) is 10.1 Å². The summed E-state index contributed by atoms with van der Waals surface area (Å²) >= 11 is 0. The zero-order valence-electron chi connectivity index (χ0n) is 7.60. The van der Waals surface area contributed by atoms with Crippen molar-refractivity contribution in [1.29, 1.82) is 0 Å². The van der Waals surface area contributed by atoms with E-state index in [0.717, 1.165) is 5.69 Å². The highest BCUT2D eigenvalue weighted by atomic mass is 32.2. The van der Waals surface area contributed by atoms with Crippen LogP contribution in [0.25, 0.3) is 0 Å². The Bertz CT molecular complexity index is 361. The zero-order valence-corrected chi connectivity index (χ0v) is 8.42. The Kier molecular flexibility index (Phi) is 3.91. The highest BCUT2D eigenvalue weighted by Crippen LogP contribution is 2.04. The summed E-state index contributed by atoms with van der Waals surface area (Å²) in [6.07, 6.45) is 0.383. The second-order valence-corrected chi connectivity index (χ2v) is 4.43. The van der Waals surface area contributed by atoms with Crippen molar-refractivity contribution < 1.29 is 13.0 Å². The number of benzene rings is 1. The average Bonchev–Trinajstić information content (AvgIpc) is 2.13. The molecular formula is C9H12NO3S. The molecule has 5 heteroatoms. The molecular weight excluding hydrogens is 202 g/mol. The van der Waals surface area contributed by atoms with Gasteiger partial charge in [0.05, 0.1) is 5.75 Å². The molecule has 0 saturated carbocycles. The lowest BCUT2D eigenvalue weighted by Crippen LogP contribution is -2.09. The topological polar surface area (TPSA) is 66.4 Å². The molecule has 0 fully saturated rings. The number of anilines is 1. The molecule has 0 heterocycles. The van der Waals surface area contributed by atoms with E-state index < -0.39 is 10.1 Å². The van der Waals surface area contributed by atoms with Crippen LogP contribution in [0, 0.1) is 6.07 Å². The van der Waals surface area contributed by atoms with Gasteiger partial charge < -0.3 is 5.32 Å². The lowest BCUT2D eigenvalue weighted by molar-refractivity contribution is 0.481. The monoisotopic (exact) mass is 214 g/mol. The third-order valence-electron chi connectivity index (χ3n) is 1.62. The predicted molar refractivity (Wildman–Crippen MR) is 54.8 cm³/mol. The summed E-state index contributed by atoms with van der Waals surface area (Å²) in [5.74, 6) is -0.212. The van der Waals surface area contributed by atoms with Gasteiger partial charge in [-0.3, -0.25) is 4.55 Å². The van der Waals surface area contributed by atoms with Gasteiger partial charge in [0.1, 0.15) is 0 Å². The third kappa shape index (κ3) is 4.84. The Morgan fingerprint density at radius 2 is 2.29 bits per heavy atom. The molecule has 77 valence electrons. The minimum absolute atomic E-state index is 0.212. The van der Waals surface area contributed by atoms with Crippen molar-refractivity contribution in [1.82, 2.24) is 0 Å². The van der Waals surface area contributed by atoms with E-state index in [-0.39, 0.29) is 5.75 Å². The summed E-state index contributed by atoms with van der Waals surface area (Å²) in [7, 11) is -3.83. The van der Waals surface area contributed by atoms with Crippen molar-refractivity contribution in [3.8, 4) is 0 Å². The van der Waals surface area contributed by atoms with E-state index in [2.05, 4.69) is 11.4 Å². The van der Waals surface area contributed by atoms with Gasteiger partial charge in [0.25, 0.3) is 10.1 Å². The van der Waals surface area contributed by atoms with Crippen molar-refractivity contribution in [3.63, 3.8) is 0 Å². The Morgan fingerprint density at radius 3 is 2.86 bits per heavy atom. The fourth-order valence-electron chi connectivity index (χ4n) is 0.991. The molecule has 0 aliphatic rings. The summed E-state index contributed by atoms with van der Waals surface area (Å²) < 4.78 is 29.2. The Hall–Kier alpha value is -1.07. The Balaban J connectivity index is 2.23. The molecule has 0 bridgehead atoms. The lowest BCUT2D eigenvalue weighted by Gasteiger charge is -2.04. The van der Waals surface area contributed by atoms with Crippen LogP contribution < -0.4 is 5.32 Å². The van der Waals surface area contributed by atoms with Crippen LogP contribution in [-0.4, -0.2) is 25.3 Å². The van der Waals surface area contributed by atoms with Gasteiger partial charge in [-0.1, -0.05) is 12.1 Å². The normalized spacial score (nSPS) is 11.2. The van der Waals surface area contributed by atoms with Crippen LogP contribution in [0.1, 0.15) is 6.42 Å². The van der Waals surface area contributed by atoms with E-state index in [1.54, 1.807) is 12.1 Å². The fraction of sp³-hybridized carbons (Fsp3) is 0.333. The highest BCUT2D eigenvalue weighted by Gasteiger charge is 2.02. The van der Waals surface area contributed by atoms with Crippen molar-refractivity contribution in [2.75, 3.05) is 17.6 Å². The van der Waals surface area contributed by atoms with Gasteiger partial charge in [0.2, 0.25) is 0 Å². The second kappa shape index (κ2) is 4.97. The first-order valence-corrected chi connectivity index (χ1v) is 5.84. The van der Waals surface area contributed by atoms with Gasteiger partial charge in [-0.05, 0) is 24.6 Å². The molecule has 4 nitrogen and oxygen atoms in total. The number of nitrogens with one attached hydrogen (secondary N) is 1. The maximum atomic E-state index is 10.4. The smallest absolute Gasteiger partial charge is 0.264 e. The Labute approximate surface area is 83.7 Å². The van der Waals surface area contributed by atoms with E-state index in [1.165, 1.54) is 0 Å². The van der Waals surface area contributed by atoms with E-state index in [0.29, 0.717) is 13.0 Å². The molecule has 0 aromatic heterocycles. The molecule has 1 radical (unpaired) electrons. The van der Waals surface area contributed by atoms with E-state index in [9.17, 15) is 8.42 Å². The van der Waals surface area contributed by atoms with Gasteiger partial charge in [0.15, 0.2) is 0 Å². The van der Waals surface area contributed by atoms with Gasteiger partial charge in [0, 0.05) is 12.2 Å². The summed E-state index contributed by atoms with van der Waals surface area (Å²) in [4.78, 5) is 0. The number of hydrogen-bond acceptors (Lipinski definition) is 3. The maximum Gasteiger partial charge on any atom is 0.264 e. The molecule has 0 spiro atoms. The number of hydrogen-bond donors (Lipinski definition) is 2. The molecule has 1 rings (SSSR count). The van der Waals surface area contributed by atoms with Crippen LogP contribution >= 0.6 is 0 Å². The van der Waals surface area contributed by atoms with E-state index in [4.69, 9.17) is 4.55 Å². The maximum absolute atomic E-state index is 10.4. The minimum Gasteiger partial charge on any atom is -0.385 e. The summed E-state index contributed by atoms with van der Waals surface area (Å²) in [5.41, 5.74) is 0.892.